The molecule has 0 spiro atoms. The second kappa shape index (κ2) is 9.78. The number of amides is 2. The van der Waals surface area contributed by atoms with Gasteiger partial charge in [-0.3, -0.25) is 19.3 Å². The van der Waals surface area contributed by atoms with Crippen molar-refractivity contribution in [1.29, 1.82) is 0 Å². The van der Waals surface area contributed by atoms with E-state index in [1.165, 1.54) is 39.3 Å². The summed E-state index contributed by atoms with van der Waals surface area (Å²) < 4.78 is 1.83. The number of carboxylic acid groups (broad SMARTS) is 1. The first-order valence-corrected chi connectivity index (χ1v) is 14.0. The van der Waals surface area contributed by atoms with E-state index in [1.807, 2.05) is 36.4 Å². The molecule has 0 bridgehead atoms. The summed E-state index contributed by atoms with van der Waals surface area (Å²) in [5.41, 5.74) is 0.626. The highest BCUT2D eigenvalue weighted by Gasteiger charge is 2.54. The van der Waals surface area contributed by atoms with Crippen molar-refractivity contribution in [2.75, 3.05) is 5.75 Å². The Labute approximate surface area is 215 Å². The smallest absolute Gasteiger partial charge is 0.353 e. The van der Waals surface area contributed by atoms with Crippen LogP contribution in [-0.4, -0.2) is 50.1 Å². The summed E-state index contributed by atoms with van der Waals surface area (Å²) in [6.45, 7) is -0.463. The molecule has 35 heavy (non-hydrogen) atoms. The van der Waals surface area contributed by atoms with E-state index < -0.39 is 29.9 Å². The number of fused-ring (bicyclic) bond motifs is 2. The van der Waals surface area contributed by atoms with Crippen LogP contribution in [0.25, 0.3) is 9.40 Å². The molecular weight excluding hydrogens is 529 g/mol. The molecule has 1 unspecified atom stereocenters. The van der Waals surface area contributed by atoms with E-state index in [9.17, 15) is 29.4 Å². The predicted molar refractivity (Wildman–Crippen MR) is 138 cm³/mol. The van der Waals surface area contributed by atoms with Crippen molar-refractivity contribution in [2.24, 2.45) is 0 Å². The van der Waals surface area contributed by atoms with E-state index >= 15 is 0 Å². The summed E-state index contributed by atoms with van der Waals surface area (Å²) in [5.74, 6) is -1.76. The molecule has 4 heterocycles. The number of aliphatic hydroxyl groups excluding tert-OH is 1. The molecule has 2 aliphatic rings. The lowest BCUT2D eigenvalue weighted by Gasteiger charge is -2.49. The van der Waals surface area contributed by atoms with Crippen molar-refractivity contribution in [3.8, 4) is 0 Å². The number of aliphatic carboxylic acids is 1. The molecule has 2 amide bonds. The normalized spacial score (nSPS) is 19.5. The zero-order chi connectivity index (χ0) is 24.7. The summed E-state index contributed by atoms with van der Waals surface area (Å²) in [5, 5.41) is 23.8. The highest BCUT2D eigenvalue weighted by atomic mass is 32.2. The molecule has 8 nitrogen and oxygen atoms in total. The van der Waals surface area contributed by atoms with Crippen LogP contribution in [0.5, 0.6) is 0 Å². The zero-order valence-corrected chi connectivity index (χ0v) is 21.2. The topological polar surface area (TPSA) is 124 Å². The van der Waals surface area contributed by atoms with Gasteiger partial charge in [0, 0.05) is 10.7 Å². The van der Waals surface area contributed by atoms with Crippen molar-refractivity contribution in [3.63, 3.8) is 0 Å². The standard InChI is InChI=1S/C23H18N2O6S4/c26-9-12-18(28)19-13(6-7-32-19)34-23(12)35-14-10-33-21-16(20(29)25(21)17(14)22(30)31)24-15(27)8-11-4-2-1-3-5-11/h1-7,16,21,26H,8-10H2,(H,24,27)(H,30,31)/t16?,21-/m1/s1. The van der Waals surface area contributed by atoms with Crippen LogP contribution < -0.4 is 10.7 Å². The molecule has 1 aromatic carbocycles. The summed E-state index contributed by atoms with van der Waals surface area (Å²) in [6, 6.07) is 10.2. The fourth-order valence-electron chi connectivity index (χ4n) is 3.94. The Morgan fingerprint density at radius 2 is 1.94 bits per heavy atom. The third-order valence-electron chi connectivity index (χ3n) is 5.59. The minimum Gasteiger partial charge on any atom is -0.477 e. The van der Waals surface area contributed by atoms with Gasteiger partial charge in [-0.25, -0.2) is 4.79 Å². The average molecular weight is 547 g/mol. The quantitative estimate of drug-likeness (QED) is 0.387. The number of β-lactam (4-membered cyclic amide) rings is 1. The lowest BCUT2D eigenvalue weighted by atomic mass is 10.0. The molecule has 3 N–H and O–H groups in total. The van der Waals surface area contributed by atoms with Gasteiger partial charge in [0.1, 0.15) is 17.1 Å². The first-order chi connectivity index (χ1) is 16.9. The van der Waals surface area contributed by atoms with Crippen LogP contribution in [0.1, 0.15) is 11.1 Å². The van der Waals surface area contributed by atoms with Gasteiger partial charge in [-0.15, -0.1) is 34.4 Å². The van der Waals surface area contributed by atoms with Gasteiger partial charge in [0.2, 0.25) is 11.3 Å². The highest BCUT2D eigenvalue weighted by molar-refractivity contribution is 8.07. The molecule has 2 aromatic heterocycles. The molecule has 1 saturated heterocycles. The number of benzene rings is 1. The van der Waals surface area contributed by atoms with Crippen molar-refractivity contribution >= 4 is 73.4 Å². The van der Waals surface area contributed by atoms with Gasteiger partial charge in [0.25, 0.3) is 5.91 Å². The van der Waals surface area contributed by atoms with Gasteiger partial charge in [0.15, 0.2) is 0 Å². The molecule has 2 aliphatic heterocycles. The molecule has 2 atom stereocenters. The van der Waals surface area contributed by atoms with Crippen LogP contribution in [0, 0.1) is 0 Å². The van der Waals surface area contributed by atoms with E-state index in [1.54, 1.807) is 5.38 Å². The summed E-state index contributed by atoms with van der Waals surface area (Å²) in [4.78, 5) is 52.0. The Balaban J connectivity index is 1.39. The Morgan fingerprint density at radius 3 is 2.66 bits per heavy atom. The van der Waals surface area contributed by atoms with Gasteiger partial charge < -0.3 is 15.5 Å². The molecule has 0 radical (unpaired) electrons. The van der Waals surface area contributed by atoms with Gasteiger partial charge in [0.05, 0.1) is 32.2 Å². The summed E-state index contributed by atoms with van der Waals surface area (Å²) in [7, 11) is 0. The van der Waals surface area contributed by atoms with Gasteiger partial charge in [-0.05, 0) is 17.0 Å². The van der Waals surface area contributed by atoms with Crippen molar-refractivity contribution in [3.05, 3.63) is 73.7 Å². The summed E-state index contributed by atoms with van der Waals surface area (Å²) >= 11 is 5.07. The Morgan fingerprint density at radius 1 is 1.17 bits per heavy atom. The number of aliphatic hydroxyl groups is 1. The average Bonchev–Trinajstić information content (AvgIpc) is 3.32. The number of nitrogens with zero attached hydrogens (tertiary/aromatic N) is 1. The Hall–Kier alpha value is -2.64. The Bertz CT molecular complexity index is 1430. The molecular formula is C23H18N2O6S4. The first-order valence-electron chi connectivity index (χ1n) is 10.5. The maximum atomic E-state index is 12.9. The number of carbonyl (C=O) groups excluding carboxylic acids is 2. The van der Waals surface area contributed by atoms with Crippen molar-refractivity contribution < 1.29 is 24.6 Å². The van der Waals surface area contributed by atoms with E-state index in [0.29, 0.717) is 19.6 Å². The molecule has 5 rings (SSSR count). The highest BCUT2D eigenvalue weighted by Crippen LogP contribution is 2.47. The SMILES string of the molecule is O=C(Cc1ccccc1)NC1C(=O)N2C(C(=O)O)=C(Sc3sc4ccsc4c(=O)c3CO)CS[C@H]12. The van der Waals surface area contributed by atoms with Crippen LogP contribution in [0.2, 0.25) is 0 Å². The predicted octanol–water partition coefficient (Wildman–Crippen LogP) is 2.85. The summed E-state index contributed by atoms with van der Waals surface area (Å²) in [6.07, 6.45) is 0.124. The second-order valence-corrected chi connectivity index (χ2v) is 12.2. The number of thioether (sulfide) groups is 2. The number of hydrogen-bond acceptors (Lipinski definition) is 9. The van der Waals surface area contributed by atoms with Crippen molar-refractivity contribution in [1.82, 2.24) is 10.2 Å². The zero-order valence-electron chi connectivity index (χ0n) is 17.9. The molecule has 180 valence electrons. The minimum absolute atomic E-state index is 0.124. The van der Waals surface area contributed by atoms with Crippen molar-refractivity contribution in [2.45, 2.75) is 28.7 Å². The maximum absolute atomic E-state index is 12.9. The Kier molecular flexibility index (Phi) is 6.73. The third-order valence-corrected chi connectivity index (χ3v) is 10.6. The largest absolute Gasteiger partial charge is 0.477 e. The fraction of sp³-hybridized carbons (Fsp3) is 0.217. The third kappa shape index (κ3) is 4.40. The lowest BCUT2D eigenvalue weighted by molar-refractivity contribution is -0.150. The first kappa shape index (κ1) is 24.1. The van der Waals surface area contributed by atoms with Gasteiger partial charge >= 0.3 is 5.97 Å². The van der Waals surface area contributed by atoms with Gasteiger partial charge in [-0.2, -0.15) is 0 Å². The van der Waals surface area contributed by atoms with E-state index in [0.717, 1.165) is 22.0 Å². The van der Waals surface area contributed by atoms with Crippen LogP contribution in [-0.2, 0) is 27.4 Å². The number of carbonyl (C=O) groups is 3. The number of hydrogen-bond donors (Lipinski definition) is 3. The lowest BCUT2D eigenvalue weighted by Crippen LogP contribution is -2.70. The van der Waals surface area contributed by atoms with E-state index in [4.69, 9.17) is 0 Å². The van der Waals surface area contributed by atoms with Crippen LogP contribution >= 0.6 is 46.2 Å². The van der Waals surface area contributed by atoms with Crippen LogP contribution in [0.4, 0.5) is 0 Å². The monoisotopic (exact) mass is 546 g/mol. The maximum Gasteiger partial charge on any atom is 0.353 e. The number of thiophene rings is 1. The minimum atomic E-state index is -1.25. The number of rotatable bonds is 7. The molecule has 0 aliphatic carbocycles. The number of nitrogens with one attached hydrogen (secondary N) is 1. The number of carboxylic acids is 1. The van der Waals surface area contributed by atoms with E-state index in [2.05, 4.69) is 5.32 Å². The second-order valence-electron chi connectivity index (χ2n) is 7.77. The molecule has 3 aromatic rings. The van der Waals surface area contributed by atoms with E-state index in [-0.39, 0.29) is 29.0 Å². The molecule has 12 heteroatoms. The van der Waals surface area contributed by atoms with Crippen LogP contribution in [0.15, 0.2) is 61.4 Å². The molecule has 1 fully saturated rings. The molecule has 0 saturated carbocycles. The fourth-order valence-corrected chi connectivity index (χ4v) is 9.01. The van der Waals surface area contributed by atoms with Crippen LogP contribution in [0.3, 0.4) is 0 Å². The van der Waals surface area contributed by atoms with Gasteiger partial charge in [-0.1, -0.05) is 42.1 Å².